The largest absolute Gasteiger partial charge is 0.0622 e. The molecule has 2 aromatic carbocycles. The Labute approximate surface area is 96.9 Å². The lowest BCUT2D eigenvalue weighted by atomic mass is 10.0. The van der Waals surface area contributed by atoms with Gasteiger partial charge in [-0.25, -0.2) is 0 Å². The van der Waals surface area contributed by atoms with Crippen LogP contribution in [0.1, 0.15) is 28.7 Å². The Morgan fingerprint density at radius 1 is 0.750 bits per heavy atom. The van der Waals surface area contributed by atoms with Gasteiger partial charge in [0.15, 0.2) is 0 Å². The predicted octanol–water partition coefficient (Wildman–Crippen LogP) is 3.77. The van der Waals surface area contributed by atoms with Crippen molar-refractivity contribution in [3.05, 3.63) is 70.8 Å². The van der Waals surface area contributed by atoms with Gasteiger partial charge in [-0.3, -0.25) is 0 Å². The summed E-state index contributed by atoms with van der Waals surface area (Å²) in [4.78, 5) is 0. The van der Waals surface area contributed by atoms with Gasteiger partial charge in [-0.15, -0.1) is 0 Å². The smallest absolute Gasteiger partial charge is 0.00257 e. The topological polar surface area (TPSA) is 0 Å². The summed E-state index contributed by atoms with van der Waals surface area (Å²) in [6.45, 7) is 0. The van der Waals surface area contributed by atoms with Crippen molar-refractivity contribution in [1.82, 2.24) is 0 Å². The zero-order valence-electron chi connectivity index (χ0n) is 9.45. The van der Waals surface area contributed by atoms with Crippen LogP contribution in [0.3, 0.4) is 0 Å². The molecule has 1 aliphatic rings. The molecule has 0 bridgehead atoms. The van der Waals surface area contributed by atoms with Crippen molar-refractivity contribution >= 4 is 0 Å². The fraction of sp³-hybridized carbons (Fsp3) is 0.250. The van der Waals surface area contributed by atoms with Crippen LogP contribution in [-0.4, -0.2) is 0 Å². The maximum Gasteiger partial charge on any atom is -0.00257 e. The molecule has 3 rings (SSSR count). The molecule has 0 aliphatic heterocycles. The average Bonchev–Trinajstić information content (AvgIpc) is 2.77. The average molecular weight is 208 g/mol. The molecule has 0 saturated heterocycles. The number of hydrogen-bond acceptors (Lipinski definition) is 0. The van der Waals surface area contributed by atoms with E-state index in [2.05, 4.69) is 48.5 Å². The van der Waals surface area contributed by atoms with Gasteiger partial charge in [0.05, 0.1) is 0 Å². The van der Waals surface area contributed by atoms with Crippen molar-refractivity contribution in [2.24, 2.45) is 0 Å². The van der Waals surface area contributed by atoms with Crippen molar-refractivity contribution < 1.29 is 0 Å². The van der Waals surface area contributed by atoms with Crippen molar-refractivity contribution in [1.29, 1.82) is 0 Å². The Morgan fingerprint density at radius 3 is 2.44 bits per heavy atom. The third-order valence-corrected chi connectivity index (χ3v) is 3.41. The Balaban J connectivity index is 1.86. The van der Waals surface area contributed by atoms with Crippen LogP contribution in [0.4, 0.5) is 0 Å². The van der Waals surface area contributed by atoms with E-state index in [-0.39, 0.29) is 0 Å². The van der Waals surface area contributed by atoms with Gasteiger partial charge in [0.2, 0.25) is 0 Å². The first kappa shape index (κ1) is 9.65. The van der Waals surface area contributed by atoms with E-state index < -0.39 is 0 Å². The third kappa shape index (κ3) is 1.88. The van der Waals surface area contributed by atoms with Crippen molar-refractivity contribution in [2.45, 2.75) is 25.7 Å². The standard InChI is InChI=1S/C16H16/c1-2-5-13(6-3-1)11-14-9-10-15-7-4-8-16(15)12-14/h1-3,5-6,9-10,12H,4,7-8,11H2. The number of rotatable bonds is 2. The monoisotopic (exact) mass is 208 g/mol. The highest BCUT2D eigenvalue weighted by molar-refractivity contribution is 5.37. The lowest BCUT2D eigenvalue weighted by molar-refractivity contribution is 0.911. The van der Waals surface area contributed by atoms with Crippen LogP contribution in [-0.2, 0) is 19.3 Å². The molecule has 0 N–H and O–H groups in total. The second kappa shape index (κ2) is 4.13. The van der Waals surface area contributed by atoms with Crippen LogP contribution in [0.15, 0.2) is 48.5 Å². The molecule has 0 atom stereocenters. The molecule has 80 valence electrons. The number of benzene rings is 2. The van der Waals surface area contributed by atoms with Gasteiger partial charge in [-0.05, 0) is 47.9 Å². The summed E-state index contributed by atoms with van der Waals surface area (Å²) in [6.07, 6.45) is 4.96. The molecule has 0 aromatic heterocycles. The van der Waals surface area contributed by atoms with Gasteiger partial charge in [-0.2, -0.15) is 0 Å². The maximum absolute atomic E-state index is 2.40. The van der Waals surface area contributed by atoms with Crippen molar-refractivity contribution in [2.75, 3.05) is 0 Å². The van der Waals surface area contributed by atoms with Crippen molar-refractivity contribution in [3.63, 3.8) is 0 Å². The van der Waals surface area contributed by atoms with E-state index in [4.69, 9.17) is 0 Å². The summed E-state index contributed by atoms with van der Waals surface area (Å²) in [5, 5.41) is 0. The van der Waals surface area contributed by atoms with Gasteiger partial charge in [0, 0.05) is 0 Å². The summed E-state index contributed by atoms with van der Waals surface area (Å²) >= 11 is 0. The lowest BCUT2D eigenvalue weighted by Gasteiger charge is -2.05. The van der Waals surface area contributed by atoms with Gasteiger partial charge >= 0.3 is 0 Å². The molecule has 0 saturated carbocycles. The summed E-state index contributed by atoms with van der Waals surface area (Å²) in [7, 11) is 0. The van der Waals surface area contributed by atoms with E-state index in [0.717, 1.165) is 6.42 Å². The molecule has 1 aliphatic carbocycles. The van der Waals surface area contributed by atoms with Gasteiger partial charge < -0.3 is 0 Å². The normalized spacial score (nSPS) is 13.8. The zero-order valence-corrected chi connectivity index (χ0v) is 9.45. The first-order valence-electron chi connectivity index (χ1n) is 6.06. The number of aryl methyl sites for hydroxylation is 2. The lowest BCUT2D eigenvalue weighted by Crippen LogP contribution is -1.90. The van der Waals surface area contributed by atoms with Crippen LogP contribution in [0.2, 0.25) is 0 Å². The van der Waals surface area contributed by atoms with Crippen LogP contribution in [0.5, 0.6) is 0 Å². The summed E-state index contributed by atoms with van der Waals surface area (Å²) in [5.41, 5.74) is 6.00. The molecule has 0 unspecified atom stereocenters. The Bertz CT molecular complexity index is 483. The Hall–Kier alpha value is -1.56. The highest BCUT2D eigenvalue weighted by Crippen LogP contribution is 2.23. The molecular weight excluding hydrogens is 192 g/mol. The minimum Gasteiger partial charge on any atom is -0.0622 e. The molecule has 0 heterocycles. The molecule has 0 spiro atoms. The second-order valence-electron chi connectivity index (χ2n) is 4.62. The highest BCUT2D eigenvalue weighted by atomic mass is 14.2. The molecule has 0 fully saturated rings. The fourth-order valence-electron chi connectivity index (χ4n) is 2.57. The predicted molar refractivity (Wildman–Crippen MR) is 67.7 cm³/mol. The molecule has 16 heavy (non-hydrogen) atoms. The fourth-order valence-corrected chi connectivity index (χ4v) is 2.57. The molecule has 0 heteroatoms. The quantitative estimate of drug-likeness (QED) is 0.704. The van der Waals surface area contributed by atoms with Crippen LogP contribution < -0.4 is 0 Å². The first-order valence-corrected chi connectivity index (χ1v) is 6.06. The molecule has 0 nitrogen and oxygen atoms in total. The SMILES string of the molecule is c1ccc(Cc2ccc3c(c2)CCC3)cc1. The number of fused-ring (bicyclic) bond motifs is 1. The Morgan fingerprint density at radius 2 is 1.56 bits per heavy atom. The summed E-state index contributed by atoms with van der Waals surface area (Å²) < 4.78 is 0. The van der Waals surface area contributed by atoms with Gasteiger partial charge in [0.25, 0.3) is 0 Å². The molecule has 2 aromatic rings. The van der Waals surface area contributed by atoms with Crippen molar-refractivity contribution in [3.8, 4) is 0 Å². The third-order valence-electron chi connectivity index (χ3n) is 3.41. The zero-order chi connectivity index (χ0) is 10.8. The molecule has 0 radical (unpaired) electrons. The van der Waals surface area contributed by atoms with E-state index in [1.807, 2.05) is 0 Å². The molecular formula is C16H16. The molecule has 0 amide bonds. The summed E-state index contributed by atoms with van der Waals surface area (Å²) in [5.74, 6) is 0. The minimum atomic E-state index is 1.06. The van der Waals surface area contributed by atoms with Crippen LogP contribution in [0, 0.1) is 0 Å². The first-order chi connectivity index (χ1) is 7.92. The summed E-state index contributed by atoms with van der Waals surface area (Å²) in [6, 6.07) is 17.7. The van der Waals surface area contributed by atoms with E-state index in [1.165, 1.54) is 30.4 Å². The van der Waals surface area contributed by atoms with E-state index in [0.29, 0.717) is 0 Å². The van der Waals surface area contributed by atoms with E-state index in [9.17, 15) is 0 Å². The maximum atomic E-state index is 2.40. The van der Waals surface area contributed by atoms with Crippen LogP contribution in [0.25, 0.3) is 0 Å². The minimum absolute atomic E-state index is 1.06. The Kier molecular flexibility index (Phi) is 2.49. The van der Waals surface area contributed by atoms with E-state index >= 15 is 0 Å². The van der Waals surface area contributed by atoms with Crippen LogP contribution >= 0.6 is 0 Å². The van der Waals surface area contributed by atoms with Gasteiger partial charge in [0.1, 0.15) is 0 Å². The number of hydrogen-bond donors (Lipinski definition) is 0. The highest BCUT2D eigenvalue weighted by Gasteiger charge is 2.10. The second-order valence-corrected chi connectivity index (χ2v) is 4.62. The van der Waals surface area contributed by atoms with Gasteiger partial charge in [-0.1, -0.05) is 48.5 Å². The van der Waals surface area contributed by atoms with E-state index in [1.54, 1.807) is 11.1 Å².